The van der Waals surface area contributed by atoms with Crippen LogP contribution in [0, 0.1) is 5.92 Å². The molecule has 0 amide bonds. The molecule has 1 unspecified atom stereocenters. The minimum atomic E-state index is -0.298. The van der Waals surface area contributed by atoms with E-state index in [-0.39, 0.29) is 6.10 Å². The van der Waals surface area contributed by atoms with Gasteiger partial charge in [-0.05, 0) is 18.8 Å². The van der Waals surface area contributed by atoms with Crippen molar-refractivity contribution in [3.63, 3.8) is 0 Å². The normalized spacial score (nSPS) is 17.9. The second-order valence-electron chi connectivity index (χ2n) is 3.48. The molecule has 76 valence electrons. The van der Waals surface area contributed by atoms with E-state index in [0.29, 0.717) is 23.4 Å². The van der Waals surface area contributed by atoms with Gasteiger partial charge in [-0.2, -0.15) is 0 Å². The van der Waals surface area contributed by atoms with Crippen molar-refractivity contribution in [1.82, 2.24) is 9.97 Å². The van der Waals surface area contributed by atoms with Crippen LogP contribution in [0.2, 0.25) is 5.15 Å². The van der Waals surface area contributed by atoms with Crippen LogP contribution in [0.4, 0.5) is 5.82 Å². The Morgan fingerprint density at radius 2 is 2.21 bits per heavy atom. The molecule has 2 rings (SSSR count). The Balaban J connectivity index is 1.87. The minimum Gasteiger partial charge on any atom is -0.391 e. The molecule has 0 bridgehead atoms. The van der Waals surface area contributed by atoms with Crippen LogP contribution in [0.1, 0.15) is 12.8 Å². The highest BCUT2D eigenvalue weighted by molar-refractivity contribution is 6.31. The van der Waals surface area contributed by atoms with E-state index in [1.165, 1.54) is 6.20 Å². The molecule has 1 saturated carbocycles. The summed E-state index contributed by atoms with van der Waals surface area (Å²) < 4.78 is 0. The fourth-order valence-electron chi connectivity index (χ4n) is 1.29. The minimum absolute atomic E-state index is 0.298. The summed E-state index contributed by atoms with van der Waals surface area (Å²) in [6, 6.07) is 0. The van der Waals surface area contributed by atoms with E-state index in [0.717, 1.165) is 12.8 Å². The van der Waals surface area contributed by atoms with E-state index < -0.39 is 0 Å². The Morgan fingerprint density at radius 3 is 2.86 bits per heavy atom. The first-order valence-corrected chi connectivity index (χ1v) is 5.03. The number of halogens is 1. The molecule has 1 aliphatic carbocycles. The molecule has 1 fully saturated rings. The quantitative estimate of drug-likeness (QED) is 0.792. The third-order valence-electron chi connectivity index (χ3n) is 2.30. The standard InChI is InChI=1S/C9H12ClN3O/c10-8-9(12-4-3-11-8)13-5-7(14)6-1-2-6/h3-4,6-7,14H,1-2,5H2,(H,12,13). The summed E-state index contributed by atoms with van der Waals surface area (Å²) in [6.07, 6.45) is 5.05. The highest BCUT2D eigenvalue weighted by Gasteiger charge is 2.29. The number of anilines is 1. The van der Waals surface area contributed by atoms with E-state index in [1.54, 1.807) is 6.20 Å². The van der Waals surface area contributed by atoms with Crippen LogP contribution in [0.15, 0.2) is 12.4 Å². The SMILES string of the molecule is OC(CNc1nccnc1Cl)C1CC1. The van der Waals surface area contributed by atoms with Gasteiger partial charge in [0.2, 0.25) is 0 Å². The van der Waals surface area contributed by atoms with Crippen molar-refractivity contribution >= 4 is 17.4 Å². The smallest absolute Gasteiger partial charge is 0.171 e. The first-order valence-electron chi connectivity index (χ1n) is 4.66. The molecule has 1 aromatic heterocycles. The summed E-state index contributed by atoms with van der Waals surface area (Å²) >= 11 is 5.79. The fourth-order valence-corrected chi connectivity index (χ4v) is 1.46. The molecule has 1 aliphatic rings. The average Bonchev–Trinajstić information content (AvgIpc) is 2.99. The van der Waals surface area contributed by atoms with Crippen molar-refractivity contribution in [3.8, 4) is 0 Å². The molecule has 5 heteroatoms. The lowest BCUT2D eigenvalue weighted by molar-refractivity contribution is 0.164. The molecule has 0 radical (unpaired) electrons. The zero-order valence-corrected chi connectivity index (χ0v) is 8.41. The van der Waals surface area contributed by atoms with Gasteiger partial charge in [0.05, 0.1) is 6.10 Å². The number of hydrogen-bond donors (Lipinski definition) is 2. The van der Waals surface area contributed by atoms with E-state index in [1.807, 2.05) is 0 Å². The van der Waals surface area contributed by atoms with Crippen LogP contribution in [0.5, 0.6) is 0 Å². The van der Waals surface area contributed by atoms with Crippen LogP contribution in [-0.2, 0) is 0 Å². The molecule has 2 N–H and O–H groups in total. The van der Waals surface area contributed by atoms with Crippen molar-refractivity contribution in [3.05, 3.63) is 17.5 Å². The lowest BCUT2D eigenvalue weighted by Gasteiger charge is -2.11. The summed E-state index contributed by atoms with van der Waals surface area (Å²) in [4.78, 5) is 7.89. The van der Waals surface area contributed by atoms with E-state index in [4.69, 9.17) is 11.6 Å². The Labute approximate surface area is 87.3 Å². The predicted molar refractivity (Wildman–Crippen MR) is 54.3 cm³/mol. The topological polar surface area (TPSA) is 58.0 Å². The number of nitrogens with zero attached hydrogens (tertiary/aromatic N) is 2. The van der Waals surface area contributed by atoms with Crippen molar-refractivity contribution < 1.29 is 5.11 Å². The Bertz CT molecular complexity index is 317. The Morgan fingerprint density at radius 1 is 1.50 bits per heavy atom. The average molecular weight is 214 g/mol. The Kier molecular flexibility index (Phi) is 2.84. The van der Waals surface area contributed by atoms with Crippen molar-refractivity contribution in [2.75, 3.05) is 11.9 Å². The van der Waals surface area contributed by atoms with Gasteiger partial charge in [0.15, 0.2) is 11.0 Å². The fraction of sp³-hybridized carbons (Fsp3) is 0.556. The van der Waals surface area contributed by atoms with Crippen LogP contribution in [-0.4, -0.2) is 27.7 Å². The van der Waals surface area contributed by atoms with Crippen molar-refractivity contribution in [2.45, 2.75) is 18.9 Å². The second kappa shape index (κ2) is 4.11. The maximum atomic E-state index is 9.59. The van der Waals surface area contributed by atoms with Crippen LogP contribution in [0.3, 0.4) is 0 Å². The van der Waals surface area contributed by atoms with E-state index >= 15 is 0 Å². The summed E-state index contributed by atoms with van der Waals surface area (Å²) in [6.45, 7) is 0.489. The summed E-state index contributed by atoms with van der Waals surface area (Å²) in [5.41, 5.74) is 0. The lowest BCUT2D eigenvalue weighted by atomic mass is 10.2. The third kappa shape index (κ3) is 2.33. The van der Waals surface area contributed by atoms with Gasteiger partial charge in [-0.3, -0.25) is 0 Å². The van der Waals surface area contributed by atoms with Gasteiger partial charge in [0.25, 0.3) is 0 Å². The second-order valence-corrected chi connectivity index (χ2v) is 3.84. The van der Waals surface area contributed by atoms with E-state index in [9.17, 15) is 5.11 Å². The molecular weight excluding hydrogens is 202 g/mol. The summed E-state index contributed by atoms with van der Waals surface area (Å²) in [5.74, 6) is 0.992. The van der Waals surface area contributed by atoms with Gasteiger partial charge >= 0.3 is 0 Å². The van der Waals surface area contributed by atoms with Gasteiger partial charge in [-0.25, -0.2) is 9.97 Å². The van der Waals surface area contributed by atoms with Gasteiger partial charge < -0.3 is 10.4 Å². The molecule has 14 heavy (non-hydrogen) atoms. The van der Waals surface area contributed by atoms with Crippen molar-refractivity contribution in [2.24, 2.45) is 5.92 Å². The zero-order chi connectivity index (χ0) is 9.97. The molecule has 0 aliphatic heterocycles. The van der Waals surface area contributed by atoms with Gasteiger partial charge in [-0.15, -0.1) is 0 Å². The van der Waals surface area contributed by atoms with Crippen LogP contribution >= 0.6 is 11.6 Å². The number of aromatic nitrogens is 2. The number of aliphatic hydroxyl groups is 1. The number of aliphatic hydroxyl groups excluding tert-OH is 1. The van der Waals surface area contributed by atoms with Gasteiger partial charge in [-0.1, -0.05) is 11.6 Å². The Hall–Kier alpha value is -0.870. The molecule has 0 saturated heterocycles. The first kappa shape index (κ1) is 9.68. The van der Waals surface area contributed by atoms with Gasteiger partial charge in [0, 0.05) is 18.9 Å². The number of hydrogen-bond acceptors (Lipinski definition) is 4. The maximum absolute atomic E-state index is 9.59. The molecule has 1 heterocycles. The molecule has 1 aromatic rings. The number of nitrogens with one attached hydrogen (secondary N) is 1. The molecule has 4 nitrogen and oxygen atoms in total. The molecule has 0 aromatic carbocycles. The highest BCUT2D eigenvalue weighted by atomic mass is 35.5. The zero-order valence-electron chi connectivity index (χ0n) is 7.65. The molecule has 0 spiro atoms. The summed E-state index contributed by atoms with van der Waals surface area (Å²) in [7, 11) is 0. The largest absolute Gasteiger partial charge is 0.391 e. The highest BCUT2D eigenvalue weighted by Crippen LogP contribution is 2.32. The molecular formula is C9H12ClN3O. The van der Waals surface area contributed by atoms with Crippen molar-refractivity contribution in [1.29, 1.82) is 0 Å². The molecule has 1 atom stereocenters. The van der Waals surface area contributed by atoms with Crippen LogP contribution < -0.4 is 5.32 Å². The summed E-state index contributed by atoms with van der Waals surface area (Å²) in [5, 5.41) is 12.9. The van der Waals surface area contributed by atoms with E-state index in [2.05, 4.69) is 15.3 Å². The monoisotopic (exact) mass is 213 g/mol. The number of rotatable bonds is 4. The maximum Gasteiger partial charge on any atom is 0.171 e. The lowest BCUT2D eigenvalue weighted by Crippen LogP contribution is -2.21. The third-order valence-corrected chi connectivity index (χ3v) is 2.57. The van der Waals surface area contributed by atoms with Crippen LogP contribution in [0.25, 0.3) is 0 Å². The first-order chi connectivity index (χ1) is 6.77. The predicted octanol–water partition coefficient (Wildman–Crippen LogP) is 1.31. The van der Waals surface area contributed by atoms with Gasteiger partial charge in [0.1, 0.15) is 0 Å².